The van der Waals surface area contributed by atoms with E-state index in [1.165, 1.54) is 11.3 Å². The molecule has 0 aliphatic rings. The van der Waals surface area contributed by atoms with Crippen LogP contribution in [0.3, 0.4) is 0 Å². The Morgan fingerprint density at radius 2 is 1.93 bits per heavy atom. The Kier molecular flexibility index (Phi) is 5.53. The maximum Gasteiger partial charge on any atom is 0.257 e. The van der Waals surface area contributed by atoms with E-state index in [1.54, 1.807) is 23.9 Å². The summed E-state index contributed by atoms with van der Waals surface area (Å²) in [7, 11) is 1.62. The number of hydrogen-bond acceptors (Lipinski definition) is 7. The summed E-state index contributed by atoms with van der Waals surface area (Å²) in [6.45, 7) is 4.00. The van der Waals surface area contributed by atoms with Crippen molar-refractivity contribution in [2.75, 3.05) is 12.4 Å². The van der Waals surface area contributed by atoms with Crippen LogP contribution in [0.2, 0.25) is 0 Å². The van der Waals surface area contributed by atoms with Gasteiger partial charge in [-0.05, 0) is 48.5 Å². The number of hydrogen-bond donors (Lipinski definition) is 1. The number of nitrogens with zero attached hydrogens (tertiary/aromatic N) is 5. The van der Waals surface area contributed by atoms with Crippen LogP contribution < -0.4 is 10.1 Å². The van der Waals surface area contributed by atoms with Crippen molar-refractivity contribution in [3.05, 3.63) is 59.5 Å². The fraction of sp³-hybridized carbons (Fsp3) is 0.190. The second-order valence-corrected chi connectivity index (χ2v) is 7.70. The number of ether oxygens (including phenoxy) is 1. The topological polar surface area (TPSA) is 94.8 Å². The Labute approximate surface area is 177 Å². The van der Waals surface area contributed by atoms with Gasteiger partial charge in [-0.2, -0.15) is 0 Å². The van der Waals surface area contributed by atoms with Crippen LogP contribution in [0.4, 0.5) is 5.13 Å². The minimum absolute atomic E-state index is 0.109. The van der Waals surface area contributed by atoms with Crippen LogP contribution in [0, 0.1) is 0 Å². The first-order chi connectivity index (χ1) is 14.5. The molecule has 30 heavy (non-hydrogen) atoms. The number of carbonyl (C=O) groups is 1. The van der Waals surface area contributed by atoms with Crippen molar-refractivity contribution in [2.45, 2.75) is 19.9 Å². The monoisotopic (exact) mass is 420 g/mol. The summed E-state index contributed by atoms with van der Waals surface area (Å²) in [4.78, 5) is 17.3. The number of carbonyl (C=O) groups excluding carboxylic acids is 1. The van der Waals surface area contributed by atoms with Gasteiger partial charge in [-0.15, -0.1) is 16.4 Å². The lowest BCUT2D eigenvalue weighted by molar-refractivity contribution is 0.102. The summed E-state index contributed by atoms with van der Waals surface area (Å²) < 4.78 is 6.98. The molecule has 0 saturated heterocycles. The highest BCUT2D eigenvalue weighted by atomic mass is 32.1. The van der Waals surface area contributed by atoms with Gasteiger partial charge in [0.15, 0.2) is 11.0 Å². The molecular formula is C21H20N6O2S. The number of tetrazole rings is 1. The van der Waals surface area contributed by atoms with E-state index in [2.05, 4.69) is 25.8 Å². The SMILES string of the molecule is COc1cccc(-c2csc(NC(=O)c3cccc(-c4nnnn4C(C)C)c3)n2)c1. The standard InChI is InChI=1S/C21H20N6O2S/c1-13(2)27-19(24-25-26-27)15-7-4-8-16(10-15)20(28)23-21-22-18(12-30-21)14-6-5-9-17(11-14)29-3/h4-13H,1-3H3,(H,22,23,28). The normalized spacial score (nSPS) is 10.9. The first-order valence-corrected chi connectivity index (χ1v) is 10.2. The van der Waals surface area contributed by atoms with E-state index < -0.39 is 0 Å². The van der Waals surface area contributed by atoms with Gasteiger partial charge >= 0.3 is 0 Å². The first-order valence-electron chi connectivity index (χ1n) is 9.35. The molecule has 0 aliphatic heterocycles. The lowest BCUT2D eigenvalue weighted by Gasteiger charge is -2.08. The molecule has 0 aliphatic carbocycles. The number of nitrogens with one attached hydrogen (secondary N) is 1. The molecule has 9 heteroatoms. The van der Waals surface area contributed by atoms with Crippen LogP contribution in [0.15, 0.2) is 53.9 Å². The Hall–Kier alpha value is -3.59. The van der Waals surface area contributed by atoms with Crippen molar-refractivity contribution >= 4 is 22.4 Å². The van der Waals surface area contributed by atoms with E-state index in [0.717, 1.165) is 22.6 Å². The van der Waals surface area contributed by atoms with Crippen LogP contribution in [-0.2, 0) is 0 Å². The van der Waals surface area contributed by atoms with Crippen molar-refractivity contribution in [1.82, 2.24) is 25.2 Å². The Morgan fingerprint density at radius 3 is 2.73 bits per heavy atom. The van der Waals surface area contributed by atoms with Crippen LogP contribution in [-0.4, -0.2) is 38.2 Å². The molecule has 2 aromatic carbocycles. The van der Waals surface area contributed by atoms with Crippen molar-refractivity contribution in [3.63, 3.8) is 0 Å². The predicted octanol–water partition coefficient (Wildman–Crippen LogP) is 4.31. The second kappa shape index (κ2) is 8.42. The molecule has 0 bridgehead atoms. The van der Waals surface area contributed by atoms with E-state index in [4.69, 9.17) is 4.74 Å². The number of thiazole rings is 1. The van der Waals surface area contributed by atoms with Crippen LogP contribution in [0.5, 0.6) is 5.75 Å². The molecule has 0 atom stereocenters. The van der Waals surface area contributed by atoms with E-state index in [1.807, 2.05) is 55.6 Å². The van der Waals surface area contributed by atoms with Crippen molar-refractivity contribution in [2.24, 2.45) is 0 Å². The highest BCUT2D eigenvalue weighted by molar-refractivity contribution is 7.14. The third kappa shape index (κ3) is 4.06. The number of methoxy groups -OCH3 is 1. The fourth-order valence-electron chi connectivity index (χ4n) is 2.95. The van der Waals surface area contributed by atoms with Gasteiger partial charge in [-0.3, -0.25) is 10.1 Å². The third-order valence-electron chi connectivity index (χ3n) is 4.46. The highest BCUT2D eigenvalue weighted by Crippen LogP contribution is 2.28. The molecule has 0 unspecified atom stereocenters. The van der Waals surface area contributed by atoms with E-state index in [-0.39, 0.29) is 11.9 Å². The largest absolute Gasteiger partial charge is 0.497 e. The zero-order valence-electron chi connectivity index (χ0n) is 16.7. The van der Waals surface area contributed by atoms with Crippen LogP contribution in [0.25, 0.3) is 22.6 Å². The quantitative estimate of drug-likeness (QED) is 0.500. The number of amides is 1. The summed E-state index contributed by atoms with van der Waals surface area (Å²) in [5.74, 6) is 1.13. The number of benzene rings is 2. The number of aromatic nitrogens is 5. The smallest absolute Gasteiger partial charge is 0.257 e. The maximum atomic E-state index is 12.8. The molecule has 1 N–H and O–H groups in total. The van der Waals surface area contributed by atoms with E-state index in [9.17, 15) is 4.79 Å². The third-order valence-corrected chi connectivity index (χ3v) is 5.21. The van der Waals surface area contributed by atoms with Gasteiger partial charge in [0, 0.05) is 22.1 Å². The molecule has 2 aromatic heterocycles. The van der Waals surface area contributed by atoms with Gasteiger partial charge in [-0.25, -0.2) is 9.67 Å². The molecule has 152 valence electrons. The number of rotatable bonds is 6. The molecule has 0 spiro atoms. The van der Waals surface area contributed by atoms with Gasteiger partial charge in [0.25, 0.3) is 5.91 Å². The van der Waals surface area contributed by atoms with Crippen LogP contribution >= 0.6 is 11.3 Å². The molecule has 1 amide bonds. The Balaban J connectivity index is 1.54. The first kappa shape index (κ1) is 19.7. The average molecular weight is 420 g/mol. The van der Waals surface area contributed by atoms with E-state index >= 15 is 0 Å². The average Bonchev–Trinajstić information content (AvgIpc) is 3.44. The molecule has 2 heterocycles. The van der Waals surface area contributed by atoms with Gasteiger partial charge in [0.1, 0.15) is 5.75 Å². The summed E-state index contributed by atoms with van der Waals surface area (Å²) in [6, 6.07) is 15.0. The molecule has 0 radical (unpaired) electrons. The molecule has 0 saturated carbocycles. The lowest BCUT2D eigenvalue weighted by Crippen LogP contribution is -2.12. The molecule has 0 fully saturated rings. The lowest BCUT2D eigenvalue weighted by atomic mass is 10.1. The van der Waals surface area contributed by atoms with Gasteiger partial charge in [0.2, 0.25) is 0 Å². The Morgan fingerprint density at radius 1 is 1.13 bits per heavy atom. The molecule has 8 nitrogen and oxygen atoms in total. The van der Waals surface area contributed by atoms with Gasteiger partial charge in [-0.1, -0.05) is 24.3 Å². The van der Waals surface area contributed by atoms with Gasteiger partial charge in [0.05, 0.1) is 18.8 Å². The summed E-state index contributed by atoms with van der Waals surface area (Å²) >= 11 is 1.37. The predicted molar refractivity (Wildman–Crippen MR) is 116 cm³/mol. The molecule has 4 aromatic rings. The Bertz CT molecular complexity index is 1180. The summed E-state index contributed by atoms with van der Waals surface area (Å²) in [5.41, 5.74) is 2.98. The zero-order valence-corrected chi connectivity index (χ0v) is 17.6. The van der Waals surface area contributed by atoms with Crippen molar-refractivity contribution < 1.29 is 9.53 Å². The van der Waals surface area contributed by atoms with Crippen molar-refractivity contribution in [1.29, 1.82) is 0 Å². The summed E-state index contributed by atoms with van der Waals surface area (Å²) in [5, 5.41) is 17.1. The fourth-order valence-corrected chi connectivity index (χ4v) is 3.66. The summed E-state index contributed by atoms with van der Waals surface area (Å²) in [6.07, 6.45) is 0. The van der Waals surface area contributed by atoms with Crippen molar-refractivity contribution in [3.8, 4) is 28.4 Å². The molecule has 4 rings (SSSR count). The van der Waals surface area contributed by atoms with Gasteiger partial charge < -0.3 is 4.74 Å². The molecular weight excluding hydrogens is 400 g/mol. The zero-order chi connectivity index (χ0) is 21.1. The highest BCUT2D eigenvalue weighted by Gasteiger charge is 2.15. The minimum atomic E-state index is -0.244. The minimum Gasteiger partial charge on any atom is -0.497 e. The van der Waals surface area contributed by atoms with E-state index in [0.29, 0.717) is 16.5 Å². The number of anilines is 1. The van der Waals surface area contributed by atoms with Crippen LogP contribution in [0.1, 0.15) is 30.2 Å². The maximum absolute atomic E-state index is 12.8. The second-order valence-electron chi connectivity index (χ2n) is 6.85.